The number of nitrogens with zero attached hydrogens (tertiary/aromatic N) is 1. The molecule has 0 bridgehead atoms. The van der Waals surface area contributed by atoms with Crippen molar-refractivity contribution in [1.29, 1.82) is 5.26 Å². The molecule has 0 radical (unpaired) electrons. The molecule has 1 atom stereocenters. The van der Waals surface area contributed by atoms with Crippen LogP contribution in [0.1, 0.15) is 66.0 Å². The molecule has 0 aliphatic rings. The van der Waals surface area contributed by atoms with Crippen molar-refractivity contribution in [3.63, 3.8) is 0 Å². The summed E-state index contributed by atoms with van der Waals surface area (Å²) in [6.07, 6.45) is 0.752. The molecule has 0 amide bonds. The molecule has 0 aliphatic carbocycles. The normalized spacial score (nSPS) is 14.0. The van der Waals surface area contributed by atoms with Gasteiger partial charge in [-0.1, -0.05) is 66.7 Å². The smallest absolute Gasteiger partial charge is 0.123 e. The zero-order chi connectivity index (χ0) is 16.4. The molecule has 0 saturated carbocycles. The fourth-order valence-electron chi connectivity index (χ4n) is 2.78. The van der Waals surface area contributed by atoms with Gasteiger partial charge in [0, 0.05) is 5.92 Å². The standard InChI is InChI=1S/C19H29NO/c1-13(2)14(12-20)11-19(6,7)16-10-8-9-15(17(16)21)18(3,4)5/h8-10,13-14,21H,11H2,1-7H3. The SMILES string of the molecule is CC(C)C(C#N)CC(C)(C)c1cccc(C(C)(C)C)c1O. The Labute approximate surface area is 129 Å². The number of rotatable bonds is 4. The highest BCUT2D eigenvalue weighted by atomic mass is 16.3. The molecule has 21 heavy (non-hydrogen) atoms. The van der Waals surface area contributed by atoms with Gasteiger partial charge in [-0.15, -0.1) is 0 Å². The zero-order valence-corrected chi connectivity index (χ0v) is 14.5. The number of para-hydroxylation sites is 1. The maximum absolute atomic E-state index is 10.7. The Kier molecular flexibility index (Phi) is 5.10. The van der Waals surface area contributed by atoms with E-state index in [2.05, 4.69) is 54.5 Å². The quantitative estimate of drug-likeness (QED) is 0.832. The minimum atomic E-state index is -0.226. The largest absolute Gasteiger partial charge is 0.507 e. The maximum Gasteiger partial charge on any atom is 0.123 e. The monoisotopic (exact) mass is 287 g/mol. The lowest BCUT2D eigenvalue weighted by Crippen LogP contribution is -2.25. The van der Waals surface area contributed by atoms with Gasteiger partial charge in [-0.2, -0.15) is 5.26 Å². The second kappa shape index (κ2) is 6.10. The molecule has 1 aromatic carbocycles. The van der Waals surface area contributed by atoms with Crippen LogP contribution in [0.15, 0.2) is 18.2 Å². The Hall–Kier alpha value is -1.49. The molecular weight excluding hydrogens is 258 g/mol. The summed E-state index contributed by atoms with van der Waals surface area (Å²) >= 11 is 0. The van der Waals surface area contributed by atoms with Gasteiger partial charge in [0.15, 0.2) is 0 Å². The number of phenolic OH excluding ortho intramolecular Hbond substituents is 1. The Balaban J connectivity index is 3.24. The van der Waals surface area contributed by atoms with Crippen molar-refractivity contribution >= 4 is 0 Å². The fraction of sp³-hybridized carbons (Fsp3) is 0.632. The fourth-order valence-corrected chi connectivity index (χ4v) is 2.78. The number of hydrogen-bond acceptors (Lipinski definition) is 2. The molecule has 0 aliphatic heterocycles. The van der Waals surface area contributed by atoms with Gasteiger partial charge in [0.25, 0.3) is 0 Å². The van der Waals surface area contributed by atoms with E-state index in [1.54, 1.807) is 0 Å². The van der Waals surface area contributed by atoms with E-state index in [1.807, 2.05) is 18.2 Å². The number of hydrogen-bond donors (Lipinski definition) is 1. The summed E-state index contributed by atoms with van der Waals surface area (Å²) in [6.45, 7) is 14.7. The van der Waals surface area contributed by atoms with E-state index in [9.17, 15) is 10.4 Å². The molecule has 0 aromatic heterocycles. The summed E-state index contributed by atoms with van der Waals surface area (Å²) in [4.78, 5) is 0. The van der Waals surface area contributed by atoms with Crippen LogP contribution in [0.3, 0.4) is 0 Å². The maximum atomic E-state index is 10.7. The third kappa shape index (κ3) is 4.00. The van der Waals surface area contributed by atoms with E-state index >= 15 is 0 Å². The number of aromatic hydroxyl groups is 1. The van der Waals surface area contributed by atoms with Crippen molar-refractivity contribution in [1.82, 2.24) is 0 Å². The van der Waals surface area contributed by atoms with Crippen molar-refractivity contribution in [3.05, 3.63) is 29.3 Å². The minimum absolute atomic E-state index is 0.00214. The summed E-state index contributed by atoms with van der Waals surface area (Å²) in [5.41, 5.74) is 1.58. The lowest BCUT2D eigenvalue weighted by atomic mass is 9.72. The van der Waals surface area contributed by atoms with Crippen LogP contribution in [-0.2, 0) is 10.8 Å². The van der Waals surface area contributed by atoms with Gasteiger partial charge in [-0.05, 0) is 34.3 Å². The van der Waals surface area contributed by atoms with E-state index in [-0.39, 0.29) is 16.7 Å². The predicted molar refractivity (Wildman–Crippen MR) is 88.4 cm³/mol. The van der Waals surface area contributed by atoms with E-state index in [4.69, 9.17) is 0 Å². The van der Waals surface area contributed by atoms with Crippen LogP contribution in [0.2, 0.25) is 0 Å². The van der Waals surface area contributed by atoms with E-state index < -0.39 is 0 Å². The third-order valence-electron chi connectivity index (χ3n) is 4.27. The first kappa shape index (κ1) is 17.6. The Morgan fingerprint density at radius 3 is 2.05 bits per heavy atom. The van der Waals surface area contributed by atoms with Gasteiger partial charge in [0.2, 0.25) is 0 Å². The van der Waals surface area contributed by atoms with E-state index in [1.165, 1.54) is 0 Å². The molecule has 0 saturated heterocycles. The molecule has 1 unspecified atom stereocenters. The summed E-state index contributed by atoms with van der Waals surface area (Å²) < 4.78 is 0. The molecule has 0 fully saturated rings. The highest BCUT2D eigenvalue weighted by Gasteiger charge is 2.31. The minimum Gasteiger partial charge on any atom is -0.507 e. The van der Waals surface area contributed by atoms with Crippen LogP contribution in [-0.4, -0.2) is 5.11 Å². The summed E-state index contributed by atoms with van der Waals surface area (Å²) in [5, 5.41) is 20.0. The van der Waals surface area contributed by atoms with Crippen molar-refractivity contribution in [3.8, 4) is 11.8 Å². The molecule has 1 N–H and O–H groups in total. The van der Waals surface area contributed by atoms with Crippen LogP contribution in [0, 0.1) is 23.2 Å². The first-order chi connectivity index (χ1) is 9.50. The molecule has 2 nitrogen and oxygen atoms in total. The van der Waals surface area contributed by atoms with Gasteiger partial charge in [0.1, 0.15) is 5.75 Å². The van der Waals surface area contributed by atoms with Crippen molar-refractivity contribution < 1.29 is 5.11 Å². The van der Waals surface area contributed by atoms with E-state index in [0.717, 1.165) is 17.5 Å². The highest BCUT2D eigenvalue weighted by molar-refractivity contribution is 5.47. The summed E-state index contributed by atoms with van der Waals surface area (Å²) in [5.74, 6) is 0.704. The Morgan fingerprint density at radius 2 is 1.62 bits per heavy atom. The van der Waals surface area contributed by atoms with Crippen LogP contribution < -0.4 is 0 Å². The molecular formula is C19H29NO. The lowest BCUT2D eigenvalue weighted by Gasteiger charge is -2.32. The van der Waals surface area contributed by atoms with Gasteiger partial charge in [-0.25, -0.2) is 0 Å². The molecule has 116 valence electrons. The molecule has 1 aromatic rings. The van der Waals surface area contributed by atoms with Gasteiger partial charge in [0.05, 0.1) is 6.07 Å². The molecule has 0 spiro atoms. The number of benzene rings is 1. The second-order valence-electron chi connectivity index (χ2n) is 8.02. The Bertz CT molecular complexity index is 529. The number of phenols is 1. The average Bonchev–Trinajstić information content (AvgIpc) is 2.34. The Morgan fingerprint density at radius 1 is 1.10 bits per heavy atom. The molecule has 1 rings (SSSR count). The first-order valence-electron chi connectivity index (χ1n) is 7.73. The van der Waals surface area contributed by atoms with E-state index in [0.29, 0.717) is 11.7 Å². The summed E-state index contributed by atoms with van der Waals surface area (Å²) in [7, 11) is 0. The van der Waals surface area contributed by atoms with Gasteiger partial charge >= 0.3 is 0 Å². The summed E-state index contributed by atoms with van der Waals surface area (Å²) in [6, 6.07) is 8.39. The van der Waals surface area contributed by atoms with Crippen LogP contribution in [0.25, 0.3) is 0 Å². The first-order valence-corrected chi connectivity index (χ1v) is 7.73. The second-order valence-corrected chi connectivity index (χ2v) is 8.02. The zero-order valence-electron chi connectivity index (χ0n) is 14.5. The van der Waals surface area contributed by atoms with Crippen molar-refractivity contribution in [2.24, 2.45) is 11.8 Å². The van der Waals surface area contributed by atoms with Gasteiger partial charge < -0.3 is 5.11 Å². The predicted octanol–water partition coefficient (Wildman–Crippen LogP) is 5.15. The average molecular weight is 287 g/mol. The van der Waals surface area contributed by atoms with Crippen LogP contribution in [0.4, 0.5) is 0 Å². The van der Waals surface area contributed by atoms with Crippen LogP contribution in [0.5, 0.6) is 5.75 Å². The van der Waals surface area contributed by atoms with Crippen molar-refractivity contribution in [2.75, 3.05) is 0 Å². The molecule has 2 heteroatoms. The molecule has 0 heterocycles. The van der Waals surface area contributed by atoms with Crippen LogP contribution >= 0.6 is 0 Å². The van der Waals surface area contributed by atoms with Gasteiger partial charge in [-0.3, -0.25) is 0 Å². The lowest BCUT2D eigenvalue weighted by molar-refractivity contribution is 0.333. The van der Waals surface area contributed by atoms with Crippen molar-refractivity contribution in [2.45, 2.75) is 65.7 Å². The highest BCUT2D eigenvalue weighted by Crippen LogP contribution is 2.42. The number of nitriles is 1. The topological polar surface area (TPSA) is 44.0 Å². The third-order valence-corrected chi connectivity index (χ3v) is 4.27.